The summed E-state index contributed by atoms with van der Waals surface area (Å²) in [5, 5.41) is 3.06. The van der Waals surface area contributed by atoms with Crippen molar-refractivity contribution in [2.45, 2.75) is 13.1 Å². The molecule has 0 saturated carbocycles. The van der Waals surface area contributed by atoms with Gasteiger partial charge in [-0.2, -0.15) is 0 Å². The van der Waals surface area contributed by atoms with Crippen LogP contribution in [0, 0.1) is 0 Å². The van der Waals surface area contributed by atoms with Crippen molar-refractivity contribution in [2.75, 3.05) is 45.3 Å². The van der Waals surface area contributed by atoms with E-state index in [-0.39, 0.29) is 5.91 Å². The Labute approximate surface area is 155 Å². The lowest BCUT2D eigenvalue weighted by Crippen LogP contribution is -2.36. The monoisotopic (exact) mass is 353 g/mol. The number of nitrogens with zero attached hydrogens (tertiary/aromatic N) is 2. The van der Waals surface area contributed by atoms with E-state index in [4.69, 9.17) is 4.74 Å². The molecule has 5 heteroatoms. The maximum atomic E-state index is 12.5. The minimum absolute atomic E-state index is 0.0464. The van der Waals surface area contributed by atoms with Gasteiger partial charge in [0.2, 0.25) is 0 Å². The van der Waals surface area contributed by atoms with Gasteiger partial charge in [-0.3, -0.25) is 9.69 Å². The van der Waals surface area contributed by atoms with E-state index in [9.17, 15) is 4.79 Å². The number of rotatable bonds is 6. The van der Waals surface area contributed by atoms with Crippen LogP contribution in [-0.4, -0.2) is 51.2 Å². The number of benzene rings is 2. The molecular weight excluding hydrogens is 326 g/mol. The van der Waals surface area contributed by atoms with Crippen LogP contribution < -0.4 is 10.2 Å². The molecule has 2 aromatic rings. The molecule has 1 heterocycles. The first-order chi connectivity index (χ1) is 12.6. The van der Waals surface area contributed by atoms with Gasteiger partial charge >= 0.3 is 0 Å². The molecule has 1 aliphatic rings. The molecule has 1 amide bonds. The second kappa shape index (κ2) is 8.83. The molecule has 0 aliphatic carbocycles. The number of anilines is 1. The first-order valence-electron chi connectivity index (χ1n) is 9.06. The summed E-state index contributed by atoms with van der Waals surface area (Å²) in [5.74, 6) is -0.0464. The maximum absolute atomic E-state index is 12.5. The molecule has 5 nitrogen and oxygen atoms in total. The fourth-order valence-corrected chi connectivity index (χ4v) is 3.09. The lowest BCUT2D eigenvalue weighted by atomic mass is 10.1. The van der Waals surface area contributed by atoms with E-state index in [1.54, 1.807) is 0 Å². The highest BCUT2D eigenvalue weighted by molar-refractivity contribution is 5.95. The normalized spacial score (nSPS) is 14.8. The molecule has 26 heavy (non-hydrogen) atoms. The van der Waals surface area contributed by atoms with Crippen molar-refractivity contribution in [3.8, 4) is 0 Å². The van der Waals surface area contributed by atoms with Crippen LogP contribution in [0.15, 0.2) is 48.5 Å². The number of amides is 1. The van der Waals surface area contributed by atoms with Crippen molar-refractivity contribution in [3.63, 3.8) is 0 Å². The van der Waals surface area contributed by atoms with E-state index in [0.717, 1.165) is 44.1 Å². The number of carbonyl (C=O) groups excluding carboxylic acids is 1. The van der Waals surface area contributed by atoms with Gasteiger partial charge in [-0.05, 0) is 29.3 Å². The van der Waals surface area contributed by atoms with Crippen molar-refractivity contribution in [1.82, 2.24) is 10.2 Å². The predicted molar refractivity (Wildman–Crippen MR) is 104 cm³/mol. The average Bonchev–Trinajstić information content (AvgIpc) is 2.68. The van der Waals surface area contributed by atoms with Crippen LogP contribution in [0.25, 0.3) is 0 Å². The number of hydrogen-bond acceptors (Lipinski definition) is 4. The highest BCUT2D eigenvalue weighted by atomic mass is 16.5. The first-order valence-corrected chi connectivity index (χ1v) is 9.06. The molecule has 0 radical (unpaired) electrons. The Bertz CT molecular complexity index is 740. The quantitative estimate of drug-likeness (QED) is 0.867. The Balaban J connectivity index is 1.64. The Morgan fingerprint density at radius 3 is 2.54 bits per heavy atom. The summed E-state index contributed by atoms with van der Waals surface area (Å²) >= 11 is 0. The van der Waals surface area contributed by atoms with Crippen LogP contribution in [0.4, 0.5) is 5.69 Å². The summed E-state index contributed by atoms with van der Waals surface area (Å²) in [6.45, 7) is 4.93. The van der Waals surface area contributed by atoms with Crippen LogP contribution in [-0.2, 0) is 17.8 Å². The molecule has 1 aliphatic heterocycles. The highest BCUT2D eigenvalue weighted by Crippen LogP contribution is 2.15. The van der Waals surface area contributed by atoms with Gasteiger partial charge in [0.1, 0.15) is 0 Å². The summed E-state index contributed by atoms with van der Waals surface area (Å²) in [4.78, 5) is 16.9. The van der Waals surface area contributed by atoms with Gasteiger partial charge in [0.15, 0.2) is 0 Å². The van der Waals surface area contributed by atoms with Gasteiger partial charge in [-0.25, -0.2) is 0 Å². The van der Waals surface area contributed by atoms with Gasteiger partial charge < -0.3 is 15.0 Å². The molecule has 0 bridgehead atoms. The Kier molecular flexibility index (Phi) is 6.26. The SMILES string of the molecule is CN(C)c1cccc(C(=O)NCc2ccccc2CN2CCOCC2)c1. The largest absolute Gasteiger partial charge is 0.379 e. The van der Waals surface area contributed by atoms with E-state index in [2.05, 4.69) is 28.4 Å². The zero-order chi connectivity index (χ0) is 18.4. The Morgan fingerprint density at radius 1 is 1.08 bits per heavy atom. The van der Waals surface area contributed by atoms with E-state index >= 15 is 0 Å². The molecular formula is C21H27N3O2. The van der Waals surface area contributed by atoms with Crippen molar-refractivity contribution in [3.05, 3.63) is 65.2 Å². The summed E-state index contributed by atoms with van der Waals surface area (Å²) < 4.78 is 5.42. The number of nitrogens with one attached hydrogen (secondary N) is 1. The number of ether oxygens (including phenoxy) is 1. The minimum Gasteiger partial charge on any atom is -0.379 e. The smallest absolute Gasteiger partial charge is 0.251 e. The molecule has 1 N–H and O–H groups in total. The van der Waals surface area contributed by atoms with E-state index in [0.29, 0.717) is 12.1 Å². The summed E-state index contributed by atoms with van der Waals surface area (Å²) in [6, 6.07) is 16.0. The standard InChI is InChI=1S/C21H27N3O2/c1-23(2)20-9-5-8-17(14-20)21(25)22-15-18-6-3-4-7-19(18)16-24-10-12-26-13-11-24/h3-9,14H,10-13,15-16H2,1-2H3,(H,22,25). The summed E-state index contributed by atoms with van der Waals surface area (Å²) in [6.07, 6.45) is 0. The van der Waals surface area contributed by atoms with Gasteiger partial charge in [0.05, 0.1) is 13.2 Å². The third-order valence-corrected chi connectivity index (χ3v) is 4.68. The fourth-order valence-electron chi connectivity index (χ4n) is 3.09. The third kappa shape index (κ3) is 4.84. The number of morpholine rings is 1. The van der Waals surface area contributed by atoms with Crippen molar-refractivity contribution in [2.24, 2.45) is 0 Å². The molecule has 0 aromatic heterocycles. The van der Waals surface area contributed by atoms with Crippen LogP contribution >= 0.6 is 0 Å². The topological polar surface area (TPSA) is 44.8 Å². The van der Waals surface area contributed by atoms with Gasteiger partial charge in [-0.15, -0.1) is 0 Å². The van der Waals surface area contributed by atoms with Crippen molar-refractivity contribution < 1.29 is 9.53 Å². The number of carbonyl (C=O) groups is 1. The van der Waals surface area contributed by atoms with Crippen molar-refractivity contribution in [1.29, 1.82) is 0 Å². The summed E-state index contributed by atoms with van der Waals surface area (Å²) in [7, 11) is 3.94. The second-order valence-electron chi connectivity index (χ2n) is 6.78. The lowest BCUT2D eigenvalue weighted by molar-refractivity contribution is 0.0340. The van der Waals surface area contributed by atoms with Crippen LogP contribution in [0.5, 0.6) is 0 Å². The fraction of sp³-hybridized carbons (Fsp3) is 0.381. The second-order valence-corrected chi connectivity index (χ2v) is 6.78. The summed E-state index contributed by atoms with van der Waals surface area (Å²) in [5.41, 5.74) is 4.13. The number of hydrogen-bond donors (Lipinski definition) is 1. The third-order valence-electron chi connectivity index (χ3n) is 4.68. The Morgan fingerprint density at radius 2 is 1.81 bits per heavy atom. The minimum atomic E-state index is -0.0464. The molecule has 0 atom stereocenters. The lowest BCUT2D eigenvalue weighted by Gasteiger charge is -2.27. The van der Waals surface area contributed by atoms with E-state index < -0.39 is 0 Å². The van der Waals surface area contributed by atoms with E-state index in [1.807, 2.05) is 49.3 Å². The Hall–Kier alpha value is -2.37. The highest BCUT2D eigenvalue weighted by Gasteiger charge is 2.13. The maximum Gasteiger partial charge on any atom is 0.251 e. The molecule has 1 saturated heterocycles. The van der Waals surface area contributed by atoms with Gasteiger partial charge in [0, 0.05) is 51.5 Å². The van der Waals surface area contributed by atoms with Gasteiger partial charge in [-0.1, -0.05) is 30.3 Å². The first kappa shape index (κ1) is 18.4. The molecule has 0 spiro atoms. The predicted octanol–water partition coefficient (Wildman–Crippen LogP) is 2.51. The molecule has 1 fully saturated rings. The zero-order valence-corrected chi connectivity index (χ0v) is 15.6. The molecule has 0 unspecified atom stereocenters. The van der Waals surface area contributed by atoms with Crippen LogP contribution in [0.2, 0.25) is 0 Å². The molecule has 2 aromatic carbocycles. The van der Waals surface area contributed by atoms with Crippen LogP contribution in [0.1, 0.15) is 21.5 Å². The molecule has 3 rings (SSSR count). The van der Waals surface area contributed by atoms with E-state index in [1.165, 1.54) is 5.56 Å². The van der Waals surface area contributed by atoms with Gasteiger partial charge in [0.25, 0.3) is 5.91 Å². The zero-order valence-electron chi connectivity index (χ0n) is 15.6. The van der Waals surface area contributed by atoms with Crippen LogP contribution in [0.3, 0.4) is 0 Å². The van der Waals surface area contributed by atoms with Crippen molar-refractivity contribution >= 4 is 11.6 Å². The molecule has 138 valence electrons. The average molecular weight is 353 g/mol.